The van der Waals surface area contributed by atoms with E-state index in [9.17, 15) is 9.59 Å². The number of likely N-dealkylation sites (tertiary alicyclic amines) is 1. The number of rotatable bonds is 1. The van der Waals surface area contributed by atoms with Gasteiger partial charge in [-0.15, -0.1) is 0 Å². The van der Waals surface area contributed by atoms with E-state index in [1.165, 1.54) is 4.90 Å². The zero-order chi connectivity index (χ0) is 9.42. The molecule has 0 radical (unpaired) electrons. The molecule has 0 aliphatic carbocycles. The van der Waals surface area contributed by atoms with Gasteiger partial charge in [-0.25, -0.2) is 0 Å². The minimum atomic E-state index is -0.350. The molecule has 2 aliphatic heterocycles. The van der Waals surface area contributed by atoms with Gasteiger partial charge < -0.3 is 0 Å². The normalized spacial score (nSPS) is 31.3. The molecule has 2 unspecified atom stereocenters. The third kappa shape index (κ3) is 1.02. The zero-order valence-electron chi connectivity index (χ0n) is 7.30. The molecule has 68 valence electrons. The van der Waals surface area contributed by atoms with Crippen LogP contribution in [-0.2, 0) is 9.59 Å². The molecule has 0 saturated carbocycles. The SMILES string of the molecule is CCN1C(=O)C2C=CN=CC2C1=O. The van der Waals surface area contributed by atoms with Gasteiger partial charge in [0.05, 0.1) is 11.8 Å². The third-order valence-electron chi connectivity index (χ3n) is 2.43. The molecule has 0 N–H and O–H groups in total. The first kappa shape index (κ1) is 8.16. The Morgan fingerprint density at radius 3 is 2.69 bits per heavy atom. The summed E-state index contributed by atoms with van der Waals surface area (Å²) in [4.78, 5) is 28.3. The Hall–Kier alpha value is -1.45. The van der Waals surface area contributed by atoms with Gasteiger partial charge in [0, 0.05) is 19.0 Å². The number of carbonyl (C=O) groups is 2. The molecule has 0 aromatic heterocycles. The number of hydrogen-bond acceptors (Lipinski definition) is 3. The lowest BCUT2D eigenvalue weighted by molar-refractivity contribution is -0.138. The van der Waals surface area contributed by atoms with E-state index in [0.717, 1.165) is 0 Å². The standard InChI is InChI=1S/C9H10N2O2/c1-2-11-8(12)6-3-4-10-5-7(6)9(11)13/h3-7H,2H2,1H3. The second kappa shape index (κ2) is 2.80. The molecule has 2 amide bonds. The Morgan fingerprint density at radius 1 is 1.38 bits per heavy atom. The van der Waals surface area contributed by atoms with E-state index in [2.05, 4.69) is 4.99 Å². The summed E-state index contributed by atoms with van der Waals surface area (Å²) in [6, 6.07) is 0. The lowest BCUT2D eigenvalue weighted by Gasteiger charge is -2.09. The van der Waals surface area contributed by atoms with Crippen LogP contribution in [-0.4, -0.2) is 29.5 Å². The summed E-state index contributed by atoms with van der Waals surface area (Å²) in [7, 11) is 0. The van der Waals surface area contributed by atoms with E-state index in [1.54, 1.807) is 25.4 Å². The van der Waals surface area contributed by atoms with Crippen LogP contribution < -0.4 is 0 Å². The number of aliphatic imine (C=N–C) groups is 1. The van der Waals surface area contributed by atoms with E-state index in [1.807, 2.05) is 0 Å². The predicted molar refractivity (Wildman–Crippen MR) is 47.0 cm³/mol. The number of carbonyl (C=O) groups excluding carboxylic acids is 2. The van der Waals surface area contributed by atoms with E-state index in [-0.39, 0.29) is 23.7 Å². The second-order valence-electron chi connectivity index (χ2n) is 3.11. The van der Waals surface area contributed by atoms with Gasteiger partial charge in [-0.2, -0.15) is 0 Å². The summed E-state index contributed by atoms with van der Waals surface area (Å²) in [5.41, 5.74) is 0. The summed E-state index contributed by atoms with van der Waals surface area (Å²) in [5, 5.41) is 0. The van der Waals surface area contributed by atoms with Crippen molar-refractivity contribution in [2.45, 2.75) is 6.92 Å². The minimum absolute atomic E-state index is 0.0973. The second-order valence-corrected chi connectivity index (χ2v) is 3.11. The van der Waals surface area contributed by atoms with Crippen LogP contribution >= 0.6 is 0 Å². The molecule has 13 heavy (non-hydrogen) atoms. The first-order chi connectivity index (χ1) is 6.25. The maximum absolute atomic E-state index is 11.6. The fourth-order valence-corrected chi connectivity index (χ4v) is 1.73. The molecule has 4 heteroatoms. The van der Waals surface area contributed by atoms with E-state index < -0.39 is 0 Å². The summed E-state index contributed by atoms with van der Waals surface area (Å²) >= 11 is 0. The largest absolute Gasteiger partial charge is 0.282 e. The average molecular weight is 178 g/mol. The highest BCUT2D eigenvalue weighted by Crippen LogP contribution is 2.27. The molecule has 0 aromatic rings. The number of nitrogens with zero attached hydrogens (tertiary/aromatic N) is 2. The summed E-state index contributed by atoms with van der Waals surface area (Å²) in [6.07, 6.45) is 4.83. The van der Waals surface area contributed by atoms with Gasteiger partial charge in [-0.05, 0) is 6.92 Å². The predicted octanol–water partition coefficient (Wildman–Crippen LogP) is 0.206. The van der Waals surface area contributed by atoms with Crippen molar-refractivity contribution >= 4 is 18.0 Å². The van der Waals surface area contributed by atoms with Crippen molar-refractivity contribution in [1.82, 2.24) is 4.90 Å². The molecule has 1 fully saturated rings. The van der Waals surface area contributed by atoms with Crippen molar-refractivity contribution < 1.29 is 9.59 Å². The van der Waals surface area contributed by atoms with Crippen molar-refractivity contribution in [2.24, 2.45) is 16.8 Å². The van der Waals surface area contributed by atoms with Crippen LogP contribution in [0.25, 0.3) is 0 Å². The van der Waals surface area contributed by atoms with Crippen LogP contribution in [0.1, 0.15) is 6.92 Å². The first-order valence-corrected chi connectivity index (χ1v) is 4.31. The summed E-state index contributed by atoms with van der Waals surface area (Å²) < 4.78 is 0. The molecule has 2 aliphatic rings. The monoisotopic (exact) mass is 178 g/mol. The lowest BCUT2D eigenvalue weighted by atomic mass is 9.95. The Morgan fingerprint density at radius 2 is 2.08 bits per heavy atom. The molecule has 0 aromatic carbocycles. The smallest absolute Gasteiger partial charge is 0.238 e. The van der Waals surface area contributed by atoms with E-state index in [0.29, 0.717) is 6.54 Å². The first-order valence-electron chi connectivity index (χ1n) is 4.31. The number of fused-ring (bicyclic) bond motifs is 1. The van der Waals surface area contributed by atoms with Crippen LogP contribution in [0.15, 0.2) is 17.3 Å². The highest BCUT2D eigenvalue weighted by molar-refractivity contribution is 6.13. The van der Waals surface area contributed by atoms with Crippen LogP contribution in [0.2, 0.25) is 0 Å². The van der Waals surface area contributed by atoms with Crippen LogP contribution in [0.5, 0.6) is 0 Å². The molecule has 2 heterocycles. The van der Waals surface area contributed by atoms with Crippen LogP contribution in [0, 0.1) is 11.8 Å². The van der Waals surface area contributed by atoms with Crippen molar-refractivity contribution in [3.05, 3.63) is 12.3 Å². The van der Waals surface area contributed by atoms with E-state index >= 15 is 0 Å². The molecule has 4 nitrogen and oxygen atoms in total. The summed E-state index contributed by atoms with van der Waals surface area (Å²) in [6.45, 7) is 2.25. The number of imide groups is 1. The Labute approximate surface area is 75.9 Å². The third-order valence-corrected chi connectivity index (χ3v) is 2.43. The van der Waals surface area contributed by atoms with E-state index in [4.69, 9.17) is 0 Å². The number of hydrogen-bond donors (Lipinski definition) is 0. The van der Waals surface area contributed by atoms with Crippen molar-refractivity contribution in [1.29, 1.82) is 0 Å². The van der Waals surface area contributed by atoms with Crippen LogP contribution in [0.4, 0.5) is 0 Å². The fraction of sp³-hybridized carbons (Fsp3) is 0.444. The van der Waals surface area contributed by atoms with Gasteiger partial charge in [-0.3, -0.25) is 19.5 Å². The molecular weight excluding hydrogens is 168 g/mol. The highest BCUT2D eigenvalue weighted by atomic mass is 16.2. The van der Waals surface area contributed by atoms with Crippen LogP contribution in [0.3, 0.4) is 0 Å². The maximum atomic E-state index is 11.6. The Balaban J connectivity index is 2.35. The molecular formula is C9H10N2O2. The van der Waals surface area contributed by atoms with Crippen molar-refractivity contribution in [3.8, 4) is 0 Å². The quantitative estimate of drug-likeness (QED) is 0.539. The highest BCUT2D eigenvalue weighted by Gasteiger charge is 2.45. The van der Waals surface area contributed by atoms with Gasteiger partial charge >= 0.3 is 0 Å². The molecule has 2 atom stereocenters. The molecule has 2 rings (SSSR count). The molecule has 1 saturated heterocycles. The topological polar surface area (TPSA) is 49.7 Å². The molecule has 0 spiro atoms. The number of amides is 2. The fourth-order valence-electron chi connectivity index (χ4n) is 1.73. The van der Waals surface area contributed by atoms with Gasteiger partial charge in [0.15, 0.2) is 0 Å². The van der Waals surface area contributed by atoms with Gasteiger partial charge in [0.25, 0.3) is 0 Å². The van der Waals surface area contributed by atoms with Crippen molar-refractivity contribution in [2.75, 3.05) is 6.54 Å². The Bertz CT molecular complexity index is 290. The summed E-state index contributed by atoms with van der Waals surface area (Å²) in [5.74, 6) is -0.868. The van der Waals surface area contributed by atoms with Gasteiger partial charge in [-0.1, -0.05) is 6.08 Å². The van der Waals surface area contributed by atoms with Gasteiger partial charge in [0.1, 0.15) is 0 Å². The maximum Gasteiger partial charge on any atom is 0.238 e. The van der Waals surface area contributed by atoms with Crippen molar-refractivity contribution in [3.63, 3.8) is 0 Å². The minimum Gasteiger partial charge on any atom is -0.282 e. The lowest BCUT2D eigenvalue weighted by Crippen LogP contribution is -2.30. The Kier molecular flexibility index (Phi) is 1.76. The average Bonchev–Trinajstić information content (AvgIpc) is 2.41. The molecule has 0 bridgehead atoms. The zero-order valence-corrected chi connectivity index (χ0v) is 7.30. The van der Waals surface area contributed by atoms with Gasteiger partial charge in [0.2, 0.25) is 11.8 Å².